The molecule has 3 aromatic heterocycles. The Morgan fingerprint density at radius 3 is 1.83 bits per heavy atom. The number of para-hydroxylation sites is 1. The number of furan rings is 2. The lowest BCUT2D eigenvalue weighted by Gasteiger charge is -2.10. The van der Waals surface area contributed by atoms with Crippen LogP contribution in [0.15, 0.2) is 142 Å². The van der Waals surface area contributed by atoms with Gasteiger partial charge in [0.05, 0.1) is 11.4 Å². The minimum atomic E-state index is 0.663. The van der Waals surface area contributed by atoms with E-state index in [0.717, 1.165) is 82.7 Å². The van der Waals surface area contributed by atoms with Crippen molar-refractivity contribution in [3.8, 4) is 33.9 Å². The molecule has 196 valence electrons. The third kappa shape index (κ3) is 3.42. The second-order valence-corrected chi connectivity index (χ2v) is 10.6. The lowest BCUT2D eigenvalue weighted by atomic mass is 9.99. The van der Waals surface area contributed by atoms with Crippen LogP contribution in [-0.2, 0) is 0 Å². The van der Waals surface area contributed by atoms with Gasteiger partial charge in [0.15, 0.2) is 5.82 Å². The van der Waals surface area contributed by atoms with Gasteiger partial charge >= 0.3 is 0 Å². The molecule has 0 aliphatic carbocycles. The average Bonchev–Trinajstić information content (AvgIpc) is 3.64. The van der Waals surface area contributed by atoms with Crippen LogP contribution in [0.3, 0.4) is 0 Å². The number of nitrogens with zero attached hydrogens (tertiary/aromatic N) is 2. The molecule has 0 radical (unpaired) electrons. The molecule has 42 heavy (non-hydrogen) atoms. The van der Waals surface area contributed by atoms with Crippen LogP contribution < -0.4 is 0 Å². The van der Waals surface area contributed by atoms with Crippen LogP contribution in [0.5, 0.6) is 0 Å². The Morgan fingerprint density at radius 2 is 1.07 bits per heavy atom. The topological polar surface area (TPSA) is 52.1 Å². The Morgan fingerprint density at radius 1 is 0.429 bits per heavy atom. The molecular weight excluding hydrogens is 516 g/mol. The van der Waals surface area contributed by atoms with Crippen molar-refractivity contribution >= 4 is 54.6 Å². The summed E-state index contributed by atoms with van der Waals surface area (Å²) >= 11 is 0. The molecule has 0 spiro atoms. The largest absolute Gasteiger partial charge is 0.456 e. The van der Waals surface area contributed by atoms with Gasteiger partial charge in [-0.05, 0) is 35.7 Å². The first-order valence-electron chi connectivity index (χ1n) is 14.0. The SMILES string of the molecule is c1ccc(-c2cc(-c3ccccc3)nc(-c3cccc4oc5c(ccc6ccc7oc8ccccc8c7c65)c34)n2)cc1. The minimum absolute atomic E-state index is 0.663. The zero-order valence-corrected chi connectivity index (χ0v) is 22.4. The maximum absolute atomic E-state index is 6.69. The normalized spacial score (nSPS) is 11.8. The van der Waals surface area contributed by atoms with E-state index >= 15 is 0 Å². The molecule has 4 nitrogen and oxygen atoms in total. The molecule has 3 heterocycles. The van der Waals surface area contributed by atoms with Gasteiger partial charge < -0.3 is 8.83 Å². The Balaban J connectivity index is 1.37. The summed E-state index contributed by atoms with van der Waals surface area (Å²) in [6.45, 7) is 0. The number of fused-ring (bicyclic) bond motifs is 9. The van der Waals surface area contributed by atoms with Gasteiger partial charge in [0.2, 0.25) is 0 Å². The van der Waals surface area contributed by atoms with E-state index < -0.39 is 0 Å². The van der Waals surface area contributed by atoms with E-state index in [1.165, 1.54) is 0 Å². The summed E-state index contributed by atoms with van der Waals surface area (Å²) in [4.78, 5) is 10.2. The van der Waals surface area contributed by atoms with Crippen LogP contribution in [-0.4, -0.2) is 9.97 Å². The predicted octanol–water partition coefficient (Wildman–Crippen LogP) is 10.4. The van der Waals surface area contributed by atoms with E-state index in [2.05, 4.69) is 60.7 Å². The molecule has 0 fully saturated rings. The molecule has 0 bridgehead atoms. The average molecular weight is 539 g/mol. The molecular formula is C38H22N2O2. The molecule has 0 atom stereocenters. The maximum atomic E-state index is 6.69. The van der Waals surface area contributed by atoms with Crippen LogP contribution in [0.2, 0.25) is 0 Å². The van der Waals surface area contributed by atoms with E-state index in [1.807, 2.05) is 72.8 Å². The van der Waals surface area contributed by atoms with Gasteiger partial charge in [0.25, 0.3) is 0 Å². The lowest BCUT2D eigenvalue weighted by molar-refractivity contribution is 0.668. The van der Waals surface area contributed by atoms with Gasteiger partial charge in [-0.25, -0.2) is 9.97 Å². The summed E-state index contributed by atoms with van der Waals surface area (Å²) in [5, 5.41) is 6.35. The Hall–Kier alpha value is -5.74. The van der Waals surface area contributed by atoms with Crippen molar-refractivity contribution in [3.05, 3.63) is 133 Å². The first-order chi connectivity index (χ1) is 20.8. The first-order valence-corrected chi connectivity index (χ1v) is 14.0. The van der Waals surface area contributed by atoms with E-state index in [4.69, 9.17) is 18.8 Å². The zero-order valence-electron chi connectivity index (χ0n) is 22.4. The third-order valence-corrected chi connectivity index (χ3v) is 8.09. The molecule has 0 unspecified atom stereocenters. The minimum Gasteiger partial charge on any atom is -0.456 e. The highest BCUT2D eigenvalue weighted by atomic mass is 16.3. The zero-order chi connectivity index (χ0) is 27.6. The highest BCUT2D eigenvalue weighted by Crippen LogP contribution is 2.43. The summed E-state index contributed by atoms with van der Waals surface area (Å²) in [5.74, 6) is 0.663. The first kappa shape index (κ1) is 23.0. The Labute approximate surface area is 240 Å². The second-order valence-electron chi connectivity index (χ2n) is 10.6. The molecule has 6 aromatic carbocycles. The molecule has 0 N–H and O–H groups in total. The van der Waals surface area contributed by atoms with E-state index in [1.54, 1.807) is 0 Å². The summed E-state index contributed by atoms with van der Waals surface area (Å²) in [5.41, 5.74) is 8.14. The van der Waals surface area contributed by atoms with Gasteiger partial charge in [-0.1, -0.05) is 103 Å². The van der Waals surface area contributed by atoms with E-state index in [9.17, 15) is 0 Å². The predicted molar refractivity (Wildman–Crippen MR) is 170 cm³/mol. The van der Waals surface area contributed by atoms with Crippen molar-refractivity contribution in [1.82, 2.24) is 9.97 Å². The highest BCUT2D eigenvalue weighted by molar-refractivity contribution is 6.29. The van der Waals surface area contributed by atoms with Gasteiger partial charge in [-0.2, -0.15) is 0 Å². The second kappa shape index (κ2) is 8.88. The van der Waals surface area contributed by atoms with Crippen molar-refractivity contribution in [3.63, 3.8) is 0 Å². The quantitative estimate of drug-likeness (QED) is 0.224. The van der Waals surface area contributed by atoms with Crippen molar-refractivity contribution in [1.29, 1.82) is 0 Å². The van der Waals surface area contributed by atoms with Crippen LogP contribution in [0, 0.1) is 0 Å². The van der Waals surface area contributed by atoms with Gasteiger partial charge in [-0.15, -0.1) is 0 Å². The van der Waals surface area contributed by atoms with Gasteiger partial charge in [0, 0.05) is 43.6 Å². The summed E-state index contributed by atoms with van der Waals surface area (Å²) < 4.78 is 12.9. The fourth-order valence-electron chi connectivity index (χ4n) is 6.17. The van der Waals surface area contributed by atoms with E-state index in [0.29, 0.717) is 5.82 Å². The Kier molecular flexibility index (Phi) is 4.87. The van der Waals surface area contributed by atoms with Crippen molar-refractivity contribution in [2.75, 3.05) is 0 Å². The highest BCUT2D eigenvalue weighted by Gasteiger charge is 2.20. The third-order valence-electron chi connectivity index (χ3n) is 8.09. The number of hydrogen-bond donors (Lipinski definition) is 0. The van der Waals surface area contributed by atoms with Crippen LogP contribution in [0.25, 0.3) is 88.6 Å². The fraction of sp³-hybridized carbons (Fsp3) is 0. The summed E-state index contributed by atoms with van der Waals surface area (Å²) in [6.07, 6.45) is 0. The van der Waals surface area contributed by atoms with Crippen molar-refractivity contribution < 1.29 is 8.83 Å². The van der Waals surface area contributed by atoms with Crippen LogP contribution in [0.1, 0.15) is 0 Å². The van der Waals surface area contributed by atoms with Gasteiger partial charge in [0.1, 0.15) is 22.3 Å². The van der Waals surface area contributed by atoms with Crippen LogP contribution in [0.4, 0.5) is 0 Å². The molecule has 4 heteroatoms. The van der Waals surface area contributed by atoms with Crippen molar-refractivity contribution in [2.24, 2.45) is 0 Å². The number of benzene rings is 6. The Bertz CT molecular complexity index is 2400. The molecule has 0 aliphatic heterocycles. The summed E-state index contributed by atoms with van der Waals surface area (Å²) in [7, 11) is 0. The number of rotatable bonds is 3. The van der Waals surface area contributed by atoms with Crippen LogP contribution >= 0.6 is 0 Å². The molecule has 9 rings (SSSR count). The number of aromatic nitrogens is 2. The summed E-state index contributed by atoms with van der Waals surface area (Å²) in [6, 6.07) is 45.4. The molecule has 0 saturated carbocycles. The molecule has 0 saturated heterocycles. The maximum Gasteiger partial charge on any atom is 0.161 e. The standard InChI is InChI=1S/C38H22N2O2/c1-3-10-23(11-4-1)29-22-30(24-12-5-2-6-13-24)40-38(39-29)28-15-9-17-32-35(28)27-20-18-25-19-21-33-36(34(25)37(27)42-32)26-14-7-8-16-31(26)41-33/h1-22H. The monoisotopic (exact) mass is 538 g/mol. The van der Waals surface area contributed by atoms with E-state index in [-0.39, 0.29) is 0 Å². The number of hydrogen-bond acceptors (Lipinski definition) is 4. The van der Waals surface area contributed by atoms with Crippen molar-refractivity contribution in [2.45, 2.75) is 0 Å². The van der Waals surface area contributed by atoms with Gasteiger partial charge in [-0.3, -0.25) is 0 Å². The smallest absolute Gasteiger partial charge is 0.161 e. The lowest BCUT2D eigenvalue weighted by Crippen LogP contribution is -1.96. The molecule has 9 aromatic rings. The molecule has 0 amide bonds. The molecule has 0 aliphatic rings. The fourth-order valence-corrected chi connectivity index (χ4v) is 6.17.